The van der Waals surface area contributed by atoms with Gasteiger partial charge in [0, 0.05) is 12.6 Å². The molecule has 0 aliphatic carbocycles. The molecule has 0 saturated carbocycles. The first-order valence-electron chi connectivity index (χ1n) is 9.16. The summed E-state index contributed by atoms with van der Waals surface area (Å²) in [5, 5.41) is 9.14. The third-order valence-electron chi connectivity index (χ3n) is 4.50. The van der Waals surface area contributed by atoms with E-state index >= 15 is 0 Å². The number of rotatable bonds is 5. The van der Waals surface area contributed by atoms with Crippen molar-refractivity contribution < 1.29 is 33.7 Å². The second-order valence-electron chi connectivity index (χ2n) is 7.76. The normalized spacial score (nSPS) is 17.8. The van der Waals surface area contributed by atoms with Gasteiger partial charge in [0.25, 0.3) is 0 Å². The maximum Gasteiger partial charge on any atom is 0.410 e. The quantitative estimate of drug-likeness (QED) is 0.604. The van der Waals surface area contributed by atoms with Crippen molar-refractivity contribution in [2.24, 2.45) is 5.92 Å². The molecule has 1 amide bonds. The number of likely N-dealkylation sites (tertiary alicyclic amines) is 1. The number of carbonyl (C=O) groups is 3. The van der Waals surface area contributed by atoms with Crippen molar-refractivity contribution in [3.05, 3.63) is 23.8 Å². The van der Waals surface area contributed by atoms with Gasteiger partial charge in [0.15, 0.2) is 11.5 Å². The minimum atomic E-state index is -1.14. The average molecular weight is 393 g/mol. The molecule has 1 aliphatic heterocycles. The number of nitrogens with zero attached hydrogens (tertiary/aromatic N) is 1. The lowest BCUT2D eigenvalue weighted by molar-refractivity contribution is -0.140. The predicted molar refractivity (Wildman–Crippen MR) is 101 cm³/mol. The van der Waals surface area contributed by atoms with Crippen molar-refractivity contribution in [1.82, 2.24) is 4.90 Å². The lowest BCUT2D eigenvalue weighted by Gasteiger charge is -2.30. The highest BCUT2D eigenvalue weighted by molar-refractivity contribution is 5.89. The second kappa shape index (κ2) is 8.50. The first-order valence-corrected chi connectivity index (χ1v) is 9.16. The average Bonchev–Trinajstić information content (AvgIpc) is 3.09. The molecule has 1 aromatic carbocycles. The second-order valence-corrected chi connectivity index (χ2v) is 7.76. The lowest BCUT2D eigenvalue weighted by Crippen LogP contribution is -2.45. The Balaban J connectivity index is 2.15. The Morgan fingerprint density at radius 1 is 1.21 bits per heavy atom. The number of benzene rings is 1. The first-order chi connectivity index (χ1) is 13.0. The molecule has 2 atom stereocenters. The van der Waals surface area contributed by atoms with E-state index in [1.54, 1.807) is 32.6 Å². The molecule has 0 spiro atoms. The van der Waals surface area contributed by atoms with Crippen LogP contribution >= 0.6 is 0 Å². The van der Waals surface area contributed by atoms with Crippen molar-refractivity contribution in [3.63, 3.8) is 0 Å². The van der Waals surface area contributed by atoms with Crippen LogP contribution in [0.4, 0.5) is 4.79 Å². The molecule has 1 aliphatic rings. The van der Waals surface area contributed by atoms with E-state index in [1.807, 2.05) is 0 Å². The number of ether oxygens (including phenoxy) is 3. The molecule has 1 saturated heterocycles. The van der Waals surface area contributed by atoms with Crippen LogP contribution in [0.5, 0.6) is 11.5 Å². The van der Waals surface area contributed by atoms with Gasteiger partial charge in [0.1, 0.15) is 5.60 Å². The molecule has 1 aromatic rings. The molecule has 154 valence electrons. The van der Waals surface area contributed by atoms with E-state index in [9.17, 15) is 14.4 Å². The molecular weight excluding hydrogens is 366 g/mol. The summed E-state index contributed by atoms with van der Waals surface area (Å²) in [5.74, 6) is -2.04. The summed E-state index contributed by atoms with van der Waals surface area (Å²) in [7, 11) is 1.40. The smallest absolute Gasteiger partial charge is 0.410 e. The molecule has 1 fully saturated rings. The van der Waals surface area contributed by atoms with Crippen LogP contribution in [0.2, 0.25) is 0 Å². The molecule has 8 heteroatoms. The summed E-state index contributed by atoms with van der Waals surface area (Å²) < 4.78 is 16.0. The van der Waals surface area contributed by atoms with Gasteiger partial charge in [-0.05, 0) is 58.7 Å². The third-order valence-corrected chi connectivity index (χ3v) is 4.50. The zero-order valence-corrected chi connectivity index (χ0v) is 16.9. The fraction of sp³-hybridized carbons (Fsp3) is 0.550. The van der Waals surface area contributed by atoms with Crippen LogP contribution in [0.15, 0.2) is 18.2 Å². The first kappa shape index (κ1) is 21.5. The van der Waals surface area contributed by atoms with Crippen LogP contribution < -0.4 is 9.47 Å². The maximum atomic E-state index is 12.7. The zero-order valence-electron chi connectivity index (χ0n) is 16.9. The maximum absolute atomic E-state index is 12.7. The minimum absolute atomic E-state index is 0.0208. The van der Waals surface area contributed by atoms with Crippen molar-refractivity contribution >= 4 is 18.0 Å². The summed E-state index contributed by atoms with van der Waals surface area (Å²) in [6, 6.07) is 3.69. The zero-order chi connectivity index (χ0) is 21.1. The molecule has 0 bridgehead atoms. The SMILES string of the molecule is COc1ccc(C(=O)O)cc1OC(=O)C(C)[C@@H]1CCCN1C(=O)OC(C)(C)C. The van der Waals surface area contributed by atoms with Crippen LogP contribution in [0, 0.1) is 5.92 Å². The van der Waals surface area contributed by atoms with Crippen LogP contribution in [0.3, 0.4) is 0 Å². The number of esters is 1. The van der Waals surface area contributed by atoms with E-state index < -0.39 is 29.6 Å². The molecule has 0 radical (unpaired) electrons. The van der Waals surface area contributed by atoms with Crippen molar-refractivity contribution in [1.29, 1.82) is 0 Å². The summed E-state index contributed by atoms with van der Waals surface area (Å²) in [5.41, 5.74) is -0.647. The summed E-state index contributed by atoms with van der Waals surface area (Å²) >= 11 is 0. The van der Waals surface area contributed by atoms with Crippen molar-refractivity contribution in [2.75, 3.05) is 13.7 Å². The number of aromatic carboxylic acids is 1. The molecule has 2 rings (SSSR count). The van der Waals surface area contributed by atoms with Crippen LogP contribution in [-0.2, 0) is 9.53 Å². The molecular formula is C20H27NO7. The van der Waals surface area contributed by atoms with Gasteiger partial charge < -0.3 is 24.2 Å². The van der Waals surface area contributed by atoms with Gasteiger partial charge in [-0.25, -0.2) is 9.59 Å². The highest BCUT2D eigenvalue weighted by Crippen LogP contribution is 2.31. The molecule has 8 nitrogen and oxygen atoms in total. The fourth-order valence-corrected chi connectivity index (χ4v) is 3.11. The fourth-order valence-electron chi connectivity index (χ4n) is 3.11. The Hall–Kier alpha value is -2.77. The van der Waals surface area contributed by atoms with E-state index in [1.165, 1.54) is 25.3 Å². The van der Waals surface area contributed by atoms with E-state index in [2.05, 4.69) is 0 Å². The topological polar surface area (TPSA) is 102 Å². The van der Waals surface area contributed by atoms with E-state index in [4.69, 9.17) is 19.3 Å². The molecule has 0 aromatic heterocycles. The standard InChI is InChI=1S/C20H27NO7/c1-12(14-7-6-10-21(14)19(25)28-20(2,3)4)18(24)27-16-11-13(17(22)23)8-9-15(16)26-5/h8-9,11-12,14H,6-7,10H2,1-5H3,(H,22,23)/t12?,14-/m0/s1. The molecule has 28 heavy (non-hydrogen) atoms. The number of hydrogen-bond donors (Lipinski definition) is 1. The summed E-state index contributed by atoms with van der Waals surface area (Å²) in [4.78, 5) is 37.9. The third kappa shape index (κ3) is 5.15. The molecule has 1 N–H and O–H groups in total. The highest BCUT2D eigenvalue weighted by Gasteiger charge is 2.39. The summed E-state index contributed by atoms with van der Waals surface area (Å²) in [6.45, 7) is 7.55. The van der Waals surface area contributed by atoms with Gasteiger partial charge in [-0.15, -0.1) is 0 Å². The van der Waals surface area contributed by atoms with Gasteiger partial charge in [-0.1, -0.05) is 0 Å². The van der Waals surface area contributed by atoms with Crippen LogP contribution in [-0.4, -0.2) is 53.3 Å². The van der Waals surface area contributed by atoms with E-state index in [0.29, 0.717) is 13.0 Å². The highest BCUT2D eigenvalue weighted by atomic mass is 16.6. The number of carbonyl (C=O) groups excluding carboxylic acids is 2. The summed E-state index contributed by atoms with van der Waals surface area (Å²) in [6.07, 6.45) is 0.960. The van der Waals surface area contributed by atoms with E-state index in [-0.39, 0.29) is 23.1 Å². The number of carboxylic acids is 1. The minimum Gasteiger partial charge on any atom is -0.493 e. The van der Waals surface area contributed by atoms with Gasteiger partial charge in [0.05, 0.1) is 18.6 Å². The van der Waals surface area contributed by atoms with Crippen molar-refractivity contribution in [2.45, 2.75) is 52.2 Å². The van der Waals surface area contributed by atoms with Crippen molar-refractivity contribution in [3.8, 4) is 11.5 Å². The van der Waals surface area contributed by atoms with E-state index in [0.717, 1.165) is 6.42 Å². The number of carboxylic acid groups (broad SMARTS) is 1. The number of methoxy groups -OCH3 is 1. The Bertz CT molecular complexity index is 753. The Labute approximate surface area is 164 Å². The Morgan fingerprint density at radius 3 is 2.46 bits per heavy atom. The Kier molecular flexibility index (Phi) is 6.53. The molecule has 1 unspecified atom stereocenters. The number of amides is 1. The monoisotopic (exact) mass is 393 g/mol. The van der Waals surface area contributed by atoms with Crippen LogP contribution in [0.1, 0.15) is 50.9 Å². The van der Waals surface area contributed by atoms with Gasteiger partial charge in [-0.3, -0.25) is 4.79 Å². The molecule has 1 heterocycles. The lowest BCUT2D eigenvalue weighted by atomic mass is 10.00. The largest absolute Gasteiger partial charge is 0.493 e. The van der Waals surface area contributed by atoms with Gasteiger partial charge in [-0.2, -0.15) is 0 Å². The van der Waals surface area contributed by atoms with Gasteiger partial charge in [0.2, 0.25) is 0 Å². The predicted octanol–water partition coefficient (Wildman–Crippen LogP) is 3.33. The van der Waals surface area contributed by atoms with Gasteiger partial charge >= 0.3 is 18.0 Å². The Morgan fingerprint density at radius 2 is 1.89 bits per heavy atom. The van der Waals surface area contributed by atoms with Crippen LogP contribution in [0.25, 0.3) is 0 Å². The number of hydrogen-bond acceptors (Lipinski definition) is 6.